The number of hydrogen-bond donors (Lipinski definition) is 1. The Kier molecular flexibility index (Phi) is 3.50. The third-order valence-corrected chi connectivity index (χ3v) is 5.23. The standard InChI is InChI=1S/C20H19N5O2/c1-11-3-4-12(2)27-15-8-10-22-19-18(15)25(20(26)24-19)16-6-5-14-17(23-16)13(11)7-9-21-14/h5-12H,3-4H2,1-2H3,(H,22,24,26)/t11-,12-/m0/s1. The minimum absolute atomic E-state index is 0.0135. The Labute approximate surface area is 155 Å². The fraction of sp³-hybridized carbons (Fsp3) is 0.300. The first-order chi connectivity index (χ1) is 13.1. The van der Waals surface area contributed by atoms with E-state index in [1.165, 1.54) is 4.57 Å². The lowest BCUT2D eigenvalue weighted by molar-refractivity contribution is 0.207. The molecule has 0 saturated carbocycles. The first-order valence-corrected chi connectivity index (χ1v) is 9.14. The van der Waals surface area contributed by atoms with Crippen molar-refractivity contribution in [3.63, 3.8) is 0 Å². The number of fused-ring (bicyclic) bond motifs is 2. The number of nitrogens with one attached hydrogen (secondary N) is 1. The molecule has 5 rings (SSSR count). The molecule has 1 aliphatic heterocycles. The predicted molar refractivity (Wildman–Crippen MR) is 103 cm³/mol. The fourth-order valence-corrected chi connectivity index (χ4v) is 3.79. The summed E-state index contributed by atoms with van der Waals surface area (Å²) in [6.07, 6.45) is 5.35. The summed E-state index contributed by atoms with van der Waals surface area (Å²) in [5.41, 5.74) is 3.62. The number of nitrogens with zero attached hydrogens (tertiary/aromatic N) is 4. The molecule has 27 heavy (non-hydrogen) atoms. The third kappa shape index (κ3) is 2.50. The summed E-state index contributed by atoms with van der Waals surface area (Å²) < 4.78 is 7.72. The maximum atomic E-state index is 12.7. The number of H-pyrrole nitrogens is 1. The molecule has 136 valence electrons. The number of hydrogen-bond acceptors (Lipinski definition) is 5. The summed E-state index contributed by atoms with van der Waals surface area (Å²) in [7, 11) is 0. The Morgan fingerprint density at radius 1 is 1.11 bits per heavy atom. The van der Waals surface area contributed by atoms with E-state index in [4.69, 9.17) is 9.72 Å². The first-order valence-electron chi connectivity index (χ1n) is 9.14. The molecular weight excluding hydrogens is 342 g/mol. The van der Waals surface area contributed by atoms with E-state index in [-0.39, 0.29) is 11.8 Å². The van der Waals surface area contributed by atoms with Crippen LogP contribution in [0.1, 0.15) is 38.2 Å². The zero-order chi connectivity index (χ0) is 18.5. The molecule has 7 nitrogen and oxygen atoms in total. The molecular formula is C20H19N5O2. The van der Waals surface area contributed by atoms with Gasteiger partial charge in [0.05, 0.1) is 17.1 Å². The molecule has 2 atom stereocenters. The molecule has 4 aromatic heterocycles. The monoisotopic (exact) mass is 361 g/mol. The molecule has 0 aliphatic carbocycles. The Balaban J connectivity index is 1.89. The van der Waals surface area contributed by atoms with Crippen molar-refractivity contribution in [3.8, 4) is 11.6 Å². The van der Waals surface area contributed by atoms with E-state index >= 15 is 0 Å². The lowest BCUT2D eigenvalue weighted by atomic mass is 9.94. The van der Waals surface area contributed by atoms with Crippen LogP contribution in [0.3, 0.4) is 0 Å². The van der Waals surface area contributed by atoms with Crippen molar-refractivity contribution in [1.82, 2.24) is 24.5 Å². The normalized spacial score (nSPS) is 19.6. The van der Waals surface area contributed by atoms with E-state index in [9.17, 15) is 4.79 Å². The average Bonchev–Trinajstić information content (AvgIpc) is 3.01. The largest absolute Gasteiger partial charge is 0.488 e. The van der Waals surface area contributed by atoms with Crippen LogP contribution in [0.15, 0.2) is 41.5 Å². The van der Waals surface area contributed by atoms with Gasteiger partial charge in [-0.2, -0.15) is 0 Å². The summed E-state index contributed by atoms with van der Waals surface area (Å²) >= 11 is 0. The van der Waals surface area contributed by atoms with Gasteiger partial charge in [0.15, 0.2) is 5.65 Å². The third-order valence-electron chi connectivity index (χ3n) is 5.23. The van der Waals surface area contributed by atoms with Gasteiger partial charge < -0.3 is 4.74 Å². The molecule has 0 saturated heterocycles. The van der Waals surface area contributed by atoms with Crippen LogP contribution < -0.4 is 10.4 Å². The number of ether oxygens (including phenoxy) is 1. The minimum Gasteiger partial charge on any atom is -0.488 e. The number of imidazole rings is 1. The van der Waals surface area contributed by atoms with Gasteiger partial charge in [-0.1, -0.05) is 6.92 Å². The molecule has 0 unspecified atom stereocenters. The van der Waals surface area contributed by atoms with Crippen LogP contribution in [0, 0.1) is 0 Å². The van der Waals surface area contributed by atoms with E-state index in [1.807, 2.05) is 24.4 Å². The molecule has 1 aliphatic rings. The number of rotatable bonds is 0. The lowest BCUT2D eigenvalue weighted by Crippen LogP contribution is -2.18. The van der Waals surface area contributed by atoms with Gasteiger partial charge in [0, 0.05) is 18.5 Å². The second-order valence-electron chi connectivity index (χ2n) is 7.12. The van der Waals surface area contributed by atoms with Crippen molar-refractivity contribution in [2.75, 3.05) is 0 Å². The second-order valence-corrected chi connectivity index (χ2v) is 7.12. The van der Waals surface area contributed by atoms with Crippen molar-refractivity contribution in [1.29, 1.82) is 0 Å². The number of pyridine rings is 3. The van der Waals surface area contributed by atoms with Crippen molar-refractivity contribution in [2.24, 2.45) is 0 Å². The molecule has 0 fully saturated rings. The summed E-state index contributed by atoms with van der Waals surface area (Å²) in [5, 5.41) is 0. The van der Waals surface area contributed by atoms with Gasteiger partial charge in [0.2, 0.25) is 0 Å². The maximum absolute atomic E-state index is 12.7. The molecule has 0 aromatic carbocycles. The fourth-order valence-electron chi connectivity index (χ4n) is 3.79. The molecule has 0 spiro atoms. The van der Waals surface area contributed by atoms with Crippen LogP contribution in [-0.2, 0) is 0 Å². The van der Waals surface area contributed by atoms with Crippen LogP contribution in [0.2, 0.25) is 0 Å². The van der Waals surface area contributed by atoms with Gasteiger partial charge in [-0.25, -0.2) is 19.3 Å². The Hall–Kier alpha value is -3.22. The van der Waals surface area contributed by atoms with Gasteiger partial charge in [-0.05, 0) is 49.4 Å². The van der Waals surface area contributed by atoms with Crippen LogP contribution in [-0.4, -0.2) is 30.6 Å². The minimum atomic E-state index is -0.288. The van der Waals surface area contributed by atoms with Crippen molar-refractivity contribution in [3.05, 3.63) is 52.7 Å². The SMILES string of the molecule is C[C@H]1CC[C@H](C)c2ccnc3ccc(nc23)-n2c(=O)[nH]c3nccc(c32)O1. The maximum Gasteiger partial charge on any atom is 0.333 e. The highest BCUT2D eigenvalue weighted by atomic mass is 16.5. The van der Waals surface area contributed by atoms with Gasteiger partial charge in [-0.15, -0.1) is 0 Å². The highest BCUT2D eigenvalue weighted by Gasteiger charge is 2.20. The van der Waals surface area contributed by atoms with Crippen LogP contribution >= 0.6 is 0 Å². The highest BCUT2D eigenvalue weighted by Crippen LogP contribution is 2.31. The van der Waals surface area contributed by atoms with Gasteiger partial charge in [0.25, 0.3) is 0 Å². The molecule has 1 N–H and O–H groups in total. The van der Waals surface area contributed by atoms with E-state index in [2.05, 4.69) is 28.8 Å². The van der Waals surface area contributed by atoms with E-state index in [0.717, 1.165) is 29.4 Å². The van der Waals surface area contributed by atoms with Gasteiger partial charge >= 0.3 is 5.69 Å². The Bertz CT molecular complexity index is 1230. The second kappa shape index (κ2) is 5.90. The van der Waals surface area contributed by atoms with Gasteiger partial charge in [-0.3, -0.25) is 9.97 Å². The van der Waals surface area contributed by atoms with Crippen LogP contribution in [0.5, 0.6) is 5.75 Å². The van der Waals surface area contributed by atoms with Crippen LogP contribution in [0.4, 0.5) is 0 Å². The Morgan fingerprint density at radius 3 is 2.85 bits per heavy atom. The zero-order valence-electron chi connectivity index (χ0n) is 15.1. The predicted octanol–water partition coefficient (Wildman–Crippen LogP) is 3.32. The lowest BCUT2D eigenvalue weighted by Gasteiger charge is -2.20. The zero-order valence-corrected chi connectivity index (χ0v) is 15.1. The number of aromatic amines is 1. The van der Waals surface area contributed by atoms with E-state index < -0.39 is 0 Å². The van der Waals surface area contributed by atoms with Crippen molar-refractivity contribution in [2.45, 2.75) is 38.7 Å². The summed E-state index contributed by atoms with van der Waals surface area (Å²) in [6, 6.07) is 7.53. The van der Waals surface area contributed by atoms with E-state index in [1.54, 1.807) is 12.3 Å². The smallest absolute Gasteiger partial charge is 0.333 e. The first kappa shape index (κ1) is 16.0. The summed E-state index contributed by atoms with van der Waals surface area (Å²) in [6.45, 7) is 4.25. The average molecular weight is 361 g/mol. The molecule has 2 bridgehead atoms. The number of aromatic nitrogens is 5. The molecule has 7 heteroatoms. The highest BCUT2D eigenvalue weighted by molar-refractivity contribution is 5.82. The summed E-state index contributed by atoms with van der Waals surface area (Å²) in [5.74, 6) is 1.47. The molecule has 0 radical (unpaired) electrons. The quantitative estimate of drug-likeness (QED) is 0.519. The van der Waals surface area contributed by atoms with E-state index in [0.29, 0.717) is 28.6 Å². The summed E-state index contributed by atoms with van der Waals surface area (Å²) in [4.78, 5) is 29.1. The van der Waals surface area contributed by atoms with Crippen molar-refractivity contribution < 1.29 is 4.74 Å². The molecule has 0 amide bonds. The van der Waals surface area contributed by atoms with Gasteiger partial charge in [0.1, 0.15) is 17.1 Å². The Morgan fingerprint density at radius 2 is 1.96 bits per heavy atom. The molecule has 4 aromatic rings. The van der Waals surface area contributed by atoms with Crippen molar-refractivity contribution >= 4 is 22.2 Å². The topological polar surface area (TPSA) is 85.7 Å². The van der Waals surface area contributed by atoms with Crippen LogP contribution in [0.25, 0.3) is 28.0 Å². The molecule has 5 heterocycles.